The number of ketones is 1. The fraction of sp³-hybridized carbons (Fsp3) is 0. The predicted octanol–water partition coefficient (Wildman–Crippen LogP) is 4.51. The molecule has 4 aromatic rings. The average Bonchev–Trinajstić information content (AvgIpc) is 2.64. The molecule has 0 radical (unpaired) electrons. The van der Waals surface area contributed by atoms with Crippen molar-refractivity contribution in [3.63, 3.8) is 0 Å². The van der Waals surface area contributed by atoms with Crippen molar-refractivity contribution in [3.8, 4) is 11.1 Å². The summed E-state index contributed by atoms with van der Waals surface area (Å²) >= 11 is 0. The normalized spacial score (nSPS) is 12.4. The van der Waals surface area contributed by atoms with E-state index in [2.05, 4.69) is 4.98 Å². The molecule has 0 atom stereocenters. The first-order valence-corrected chi connectivity index (χ1v) is 7.79. The average molecular weight is 326 g/mol. The van der Waals surface area contributed by atoms with Gasteiger partial charge < -0.3 is 0 Å². The van der Waals surface area contributed by atoms with E-state index < -0.39 is 4.92 Å². The highest BCUT2D eigenvalue weighted by atomic mass is 16.6. The Morgan fingerprint density at radius 1 is 0.880 bits per heavy atom. The quantitative estimate of drug-likeness (QED) is 0.335. The zero-order valence-electron chi connectivity index (χ0n) is 12.9. The molecule has 118 valence electrons. The second-order valence-corrected chi connectivity index (χ2v) is 6.05. The van der Waals surface area contributed by atoms with Crippen LogP contribution < -0.4 is 0 Å². The van der Waals surface area contributed by atoms with Crippen molar-refractivity contribution in [2.75, 3.05) is 0 Å². The van der Waals surface area contributed by atoms with E-state index in [4.69, 9.17) is 0 Å². The van der Waals surface area contributed by atoms with Gasteiger partial charge in [-0.3, -0.25) is 19.9 Å². The summed E-state index contributed by atoms with van der Waals surface area (Å²) in [5.74, 6) is -0.0914. The molecule has 0 N–H and O–H groups in total. The number of nitro groups is 1. The lowest BCUT2D eigenvalue weighted by Gasteiger charge is -2.20. The summed E-state index contributed by atoms with van der Waals surface area (Å²) in [5, 5.41) is 13.7. The number of benzene rings is 3. The van der Waals surface area contributed by atoms with Gasteiger partial charge in [0.2, 0.25) is 0 Å². The van der Waals surface area contributed by atoms with E-state index in [9.17, 15) is 14.9 Å². The number of carbonyl (C=O) groups excluding carboxylic acids is 1. The third kappa shape index (κ3) is 1.77. The molecule has 0 bridgehead atoms. The first kappa shape index (κ1) is 13.8. The standard InChI is InChI=1S/C20H10N2O3/c23-20-15-5-1-3-12-9-13(22(24)25)10-16(17(12)15)14-7-6-11-4-2-8-21-19(11)18(14)20/h1-10H. The number of rotatable bonds is 1. The van der Waals surface area contributed by atoms with Gasteiger partial charge in [-0.2, -0.15) is 0 Å². The van der Waals surface area contributed by atoms with E-state index >= 15 is 0 Å². The minimum absolute atomic E-state index is 0.0149. The third-order valence-corrected chi connectivity index (χ3v) is 4.71. The maximum Gasteiger partial charge on any atom is 0.270 e. The van der Waals surface area contributed by atoms with Crippen LogP contribution in [0.4, 0.5) is 5.69 Å². The van der Waals surface area contributed by atoms with Gasteiger partial charge in [0.25, 0.3) is 5.69 Å². The molecule has 0 fully saturated rings. The van der Waals surface area contributed by atoms with Gasteiger partial charge in [0.1, 0.15) is 0 Å². The number of non-ortho nitro benzene ring substituents is 1. The highest BCUT2D eigenvalue weighted by molar-refractivity contribution is 6.29. The lowest BCUT2D eigenvalue weighted by Crippen LogP contribution is -2.11. The molecule has 0 saturated carbocycles. The summed E-state index contributed by atoms with van der Waals surface area (Å²) in [6, 6.07) is 15.9. The lowest BCUT2D eigenvalue weighted by atomic mass is 9.81. The molecule has 5 heteroatoms. The number of aromatic nitrogens is 1. The molecule has 0 amide bonds. The van der Waals surface area contributed by atoms with Gasteiger partial charge in [-0.25, -0.2) is 0 Å². The first-order valence-electron chi connectivity index (χ1n) is 7.79. The van der Waals surface area contributed by atoms with E-state index in [0.29, 0.717) is 33.2 Å². The third-order valence-electron chi connectivity index (χ3n) is 4.71. The number of nitrogens with zero attached hydrogens (tertiary/aromatic N) is 2. The molecule has 1 aliphatic carbocycles. The zero-order chi connectivity index (χ0) is 17.1. The van der Waals surface area contributed by atoms with Crippen molar-refractivity contribution in [2.45, 2.75) is 0 Å². The van der Waals surface area contributed by atoms with Gasteiger partial charge in [-0.05, 0) is 22.6 Å². The van der Waals surface area contributed by atoms with Gasteiger partial charge in [0.15, 0.2) is 5.78 Å². The van der Waals surface area contributed by atoms with Crippen LogP contribution in [0.1, 0.15) is 15.9 Å². The molecule has 25 heavy (non-hydrogen) atoms. The Morgan fingerprint density at radius 2 is 1.72 bits per heavy atom. The molecular weight excluding hydrogens is 316 g/mol. The number of hydrogen-bond acceptors (Lipinski definition) is 4. The van der Waals surface area contributed by atoms with Gasteiger partial charge in [-0.15, -0.1) is 0 Å². The molecular formula is C20H10N2O3. The summed E-state index contributed by atoms with van der Waals surface area (Å²) in [5.41, 5.74) is 3.12. The van der Waals surface area contributed by atoms with Crippen molar-refractivity contribution < 1.29 is 9.72 Å². The number of carbonyl (C=O) groups is 1. The molecule has 5 rings (SSSR count). The Bertz CT molecular complexity index is 1240. The van der Waals surface area contributed by atoms with Crippen LogP contribution in [0.25, 0.3) is 32.8 Å². The Hall–Kier alpha value is -3.60. The minimum Gasteiger partial charge on any atom is -0.288 e. The van der Waals surface area contributed by atoms with E-state index in [1.165, 1.54) is 6.07 Å². The molecule has 0 spiro atoms. The molecule has 0 aliphatic heterocycles. The summed E-state index contributed by atoms with van der Waals surface area (Å²) < 4.78 is 0. The topological polar surface area (TPSA) is 73.1 Å². The van der Waals surface area contributed by atoms with E-state index in [1.54, 1.807) is 30.5 Å². The van der Waals surface area contributed by atoms with Crippen LogP contribution in [0.5, 0.6) is 0 Å². The summed E-state index contributed by atoms with van der Waals surface area (Å²) in [6.45, 7) is 0. The highest BCUT2D eigenvalue weighted by Gasteiger charge is 2.29. The van der Waals surface area contributed by atoms with Crippen molar-refractivity contribution in [3.05, 3.63) is 82.0 Å². The number of fused-ring (bicyclic) bond motifs is 4. The van der Waals surface area contributed by atoms with E-state index in [-0.39, 0.29) is 11.5 Å². The number of nitro benzene ring substituents is 1. The second kappa shape index (κ2) is 4.70. The zero-order valence-corrected chi connectivity index (χ0v) is 12.9. The van der Waals surface area contributed by atoms with Crippen molar-refractivity contribution >= 4 is 33.1 Å². The largest absolute Gasteiger partial charge is 0.288 e. The summed E-state index contributed by atoms with van der Waals surface area (Å²) in [6.07, 6.45) is 1.65. The molecule has 5 nitrogen and oxygen atoms in total. The monoisotopic (exact) mass is 326 g/mol. The summed E-state index contributed by atoms with van der Waals surface area (Å²) in [7, 11) is 0. The van der Waals surface area contributed by atoms with Crippen molar-refractivity contribution in [2.24, 2.45) is 0 Å². The maximum absolute atomic E-state index is 13.2. The Kier molecular flexibility index (Phi) is 2.60. The fourth-order valence-corrected chi connectivity index (χ4v) is 3.65. The van der Waals surface area contributed by atoms with Crippen LogP contribution in [0.2, 0.25) is 0 Å². The van der Waals surface area contributed by atoms with Gasteiger partial charge in [-0.1, -0.05) is 36.4 Å². The summed E-state index contributed by atoms with van der Waals surface area (Å²) in [4.78, 5) is 28.5. The molecule has 0 saturated heterocycles. The van der Waals surface area contributed by atoms with Gasteiger partial charge in [0, 0.05) is 34.7 Å². The minimum atomic E-state index is -0.405. The predicted molar refractivity (Wildman–Crippen MR) is 94.8 cm³/mol. The smallest absolute Gasteiger partial charge is 0.270 e. The van der Waals surface area contributed by atoms with Crippen LogP contribution in [-0.2, 0) is 0 Å². The first-order chi connectivity index (χ1) is 12.1. The highest BCUT2D eigenvalue weighted by Crippen LogP contribution is 2.43. The number of hydrogen-bond donors (Lipinski definition) is 0. The Balaban J connectivity index is 2.01. The Morgan fingerprint density at radius 3 is 2.56 bits per heavy atom. The fourth-order valence-electron chi connectivity index (χ4n) is 3.65. The van der Waals surface area contributed by atoms with Crippen LogP contribution in [-0.4, -0.2) is 15.7 Å². The second-order valence-electron chi connectivity index (χ2n) is 6.05. The van der Waals surface area contributed by atoms with Crippen LogP contribution in [0, 0.1) is 10.1 Å². The molecule has 0 unspecified atom stereocenters. The van der Waals surface area contributed by atoms with Crippen molar-refractivity contribution in [1.29, 1.82) is 0 Å². The number of pyridine rings is 1. The van der Waals surface area contributed by atoms with E-state index in [0.717, 1.165) is 10.8 Å². The molecule has 1 aromatic heterocycles. The SMILES string of the molecule is O=C1c2c(ccc3cccnc23)-c2cc([N+](=O)[O-])cc3cccc1c23. The van der Waals surface area contributed by atoms with E-state index in [1.807, 2.05) is 24.3 Å². The van der Waals surface area contributed by atoms with Crippen LogP contribution in [0.3, 0.4) is 0 Å². The van der Waals surface area contributed by atoms with Crippen LogP contribution in [0.15, 0.2) is 60.8 Å². The molecule has 1 heterocycles. The van der Waals surface area contributed by atoms with Gasteiger partial charge >= 0.3 is 0 Å². The van der Waals surface area contributed by atoms with Crippen molar-refractivity contribution in [1.82, 2.24) is 4.98 Å². The lowest BCUT2D eigenvalue weighted by molar-refractivity contribution is -0.384. The molecule has 1 aliphatic rings. The molecule has 3 aromatic carbocycles. The Labute approximate surface area is 141 Å². The van der Waals surface area contributed by atoms with Crippen LogP contribution >= 0.6 is 0 Å². The van der Waals surface area contributed by atoms with Gasteiger partial charge in [0.05, 0.1) is 16.0 Å². The maximum atomic E-state index is 13.2.